The minimum absolute atomic E-state index is 0.157. The second-order valence-corrected chi connectivity index (χ2v) is 7.19. The Morgan fingerprint density at radius 2 is 2.00 bits per heavy atom. The molecule has 0 unspecified atom stereocenters. The van der Waals surface area contributed by atoms with Crippen LogP contribution in [0.5, 0.6) is 0 Å². The lowest BCUT2D eigenvalue weighted by molar-refractivity contribution is -0.113. The van der Waals surface area contributed by atoms with Gasteiger partial charge in [0.1, 0.15) is 0 Å². The lowest BCUT2D eigenvalue weighted by Crippen LogP contribution is -2.15. The minimum Gasteiger partial charge on any atom is -0.324 e. The molecule has 2 heterocycles. The summed E-state index contributed by atoms with van der Waals surface area (Å²) in [5.41, 5.74) is 1.40. The number of anilines is 1. The largest absolute Gasteiger partial charge is 0.324 e. The van der Waals surface area contributed by atoms with Gasteiger partial charge in [-0.25, -0.2) is 0 Å². The topological polar surface area (TPSA) is 72.7 Å². The Kier molecular flexibility index (Phi) is 6.49. The van der Waals surface area contributed by atoms with Gasteiger partial charge in [-0.15, -0.1) is 16.8 Å². The van der Waals surface area contributed by atoms with Crippen molar-refractivity contribution in [3.8, 4) is 11.4 Å². The van der Waals surface area contributed by atoms with Crippen LogP contribution < -0.4 is 5.32 Å². The zero-order valence-electron chi connectivity index (χ0n) is 14.1. The van der Waals surface area contributed by atoms with E-state index in [1.54, 1.807) is 36.7 Å². The molecular weight excluding hydrogens is 405 g/mol. The smallest absolute Gasteiger partial charge is 0.234 e. The highest BCUT2D eigenvalue weighted by molar-refractivity contribution is 7.99. The Balaban J connectivity index is 1.71. The zero-order chi connectivity index (χ0) is 19.2. The van der Waals surface area contributed by atoms with E-state index in [1.807, 2.05) is 16.7 Å². The first-order valence-electron chi connectivity index (χ1n) is 7.90. The number of nitrogens with one attached hydrogen (secondary N) is 1. The number of halogens is 2. The van der Waals surface area contributed by atoms with Crippen molar-refractivity contribution in [1.82, 2.24) is 19.7 Å². The van der Waals surface area contributed by atoms with Crippen molar-refractivity contribution in [2.24, 2.45) is 0 Å². The number of allylic oxidation sites excluding steroid dienone is 1. The maximum atomic E-state index is 12.3. The molecule has 0 aliphatic heterocycles. The Labute approximate surface area is 170 Å². The molecular formula is C18H15Cl2N5OS. The highest BCUT2D eigenvalue weighted by Gasteiger charge is 2.15. The van der Waals surface area contributed by atoms with Gasteiger partial charge in [-0.2, -0.15) is 0 Å². The summed E-state index contributed by atoms with van der Waals surface area (Å²) in [6.07, 6.45) is 5.14. The maximum absolute atomic E-state index is 12.3. The molecule has 2 aromatic heterocycles. The monoisotopic (exact) mass is 419 g/mol. The number of benzene rings is 1. The van der Waals surface area contributed by atoms with E-state index in [0.717, 1.165) is 5.56 Å². The maximum Gasteiger partial charge on any atom is 0.234 e. The highest BCUT2D eigenvalue weighted by Crippen LogP contribution is 2.27. The lowest BCUT2D eigenvalue weighted by atomic mass is 10.2. The van der Waals surface area contributed by atoms with Crippen molar-refractivity contribution in [2.45, 2.75) is 11.7 Å². The molecule has 1 amide bonds. The molecule has 0 radical (unpaired) electrons. The summed E-state index contributed by atoms with van der Waals surface area (Å²) in [7, 11) is 0. The molecule has 0 bridgehead atoms. The normalized spacial score (nSPS) is 10.6. The fourth-order valence-corrected chi connectivity index (χ4v) is 3.51. The predicted molar refractivity (Wildman–Crippen MR) is 109 cm³/mol. The van der Waals surface area contributed by atoms with E-state index in [9.17, 15) is 4.79 Å². The van der Waals surface area contributed by atoms with E-state index in [1.165, 1.54) is 11.8 Å². The molecule has 0 saturated carbocycles. The molecule has 9 heteroatoms. The molecule has 138 valence electrons. The van der Waals surface area contributed by atoms with Gasteiger partial charge in [0.05, 0.1) is 16.5 Å². The minimum atomic E-state index is -0.206. The van der Waals surface area contributed by atoms with Gasteiger partial charge in [0.15, 0.2) is 11.0 Å². The van der Waals surface area contributed by atoms with Gasteiger partial charge in [-0.1, -0.05) is 41.0 Å². The summed E-state index contributed by atoms with van der Waals surface area (Å²) in [4.78, 5) is 16.3. The van der Waals surface area contributed by atoms with Crippen LogP contribution in [0.4, 0.5) is 5.69 Å². The number of thioether (sulfide) groups is 1. The van der Waals surface area contributed by atoms with Crippen LogP contribution in [0.3, 0.4) is 0 Å². The number of carbonyl (C=O) groups is 1. The lowest BCUT2D eigenvalue weighted by Gasteiger charge is -2.09. The number of carbonyl (C=O) groups excluding carboxylic acids is 1. The second kappa shape index (κ2) is 9.03. The predicted octanol–water partition coefficient (Wildman–Crippen LogP) is 4.56. The van der Waals surface area contributed by atoms with E-state index in [4.69, 9.17) is 23.2 Å². The Bertz CT molecular complexity index is 962. The number of nitrogens with zero attached hydrogens (tertiary/aromatic N) is 4. The van der Waals surface area contributed by atoms with Gasteiger partial charge in [-0.3, -0.25) is 14.3 Å². The van der Waals surface area contributed by atoms with Crippen LogP contribution in [0.15, 0.2) is 60.5 Å². The molecule has 0 fully saturated rings. The van der Waals surface area contributed by atoms with Crippen molar-refractivity contribution in [3.05, 3.63) is 65.4 Å². The summed E-state index contributed by atoms with van der Waals surface area (Å²) >= 11 is 13.2. The van der Waals surface area contributed by atoms with Gasteiger partial charge >= 0.3 is 0 Å². The standard InChI is InChI=1S/C18H15Cl2N5OS/c1-2-9-25-17(12-5-7-21-8-6-12)23-24-18(25)27-11-16(26)22-15-4-3-13(19)10-14(15)20/h2-8,10H,1,9,11H2,(H,22,26). The van der Waals surface area contributed by atoms with E-state index in [-0.39, 0.29) is 11.7 Å². The third kappa shape index (κ3) is 4.88. The van der Waals surface area contributed by atoms with Gasteiger partial charge < -0.3 is 5.32 Å². The van der Waals surface area contributed by atoms with Gasteiger partial charge in [0.25, 0.3) is 0 Å². The van der Waals surface area contributed by atoms with Gasteiger partial charge in [0.2, 0.25) is 5.91 Å². The van der Waals surface area contributed by atoms with E-state index >= 15 is 0 Å². The first-order valence-corrected chi connectivity index (χ1v) is 9.65. The molecule has 0 spiro atoms. The third-order valence-corrected chi connectivity index (χ3v) is 5.02. The summed E-state index contributed by atoms with van der Waals surface area (Å²) in [5.74, 6) is 0.647. The van der Waals surface area contributed by atoms with Crippen LogP contribution in [0, 0.1) is 0 Å². The van der Waals surface area contributed by atoms with Crippen LogP contribution in [0.1, 0.15) is 0 Å². The molecule has 1 N–H and O–H groups in total. The van der Waals surface area contributed by atoms with Crippen LogP contribution in [-0.2, 0) is 11.3 Å². The fraction of sp³-hybridized carbons (Fsp3) is 0.111. The Morgan fingerprint density at radius 1 is 1.22 bits per heavy atom. The Hall–Kier alpha value is -2.35. The van der Waals surface area contributed by atoms with Crippen LogP contribution in [-0.4, -0.2) is 31.4 Å². The molecule has 0 aliphatic rings. The Morgan fingerprint density at radius 3 is 2.70 bits per heavy atom. The fourth-order valence-electron chi connectivity index (χ4n) is 2.31. The highest BCUT2D eigenvalue weighted by atomic mass is 35.5. The third-order valence-electron chi connectivity index (χ3n) is 3.50. The molecule has 6 nitrogen and oxygen atoms in total. The van der Waals surface area contributed by atoms with Crippen molar-refractivity contribution in [3.63, 3.8) is 0 Å². The number of aromatic nitrogens is 4. The number of rotatable bonds is 7. The average Bonchev–Trinajstić information content (AvgIpc) is 3.06. The second-order valence-electron chi connectivity index (χ2n) is 5.40. The molecule has 0 saturated heterocycles. The van der Waals surface area contributed by atoms with Crippen molar-refractivity contribution >= 4 is 46.6 Å². The number of amides is 1. The quantitative estimate of drug-likeness (QED) is 0.448. The summed E-state index contributed by atoms with van der Waals surface area (Å²) in [6.45, 7) is 4.30. The van der Waals surface area contributed by atoms with Crippen molar-refractivity contribution in [2.75, 3.05) is 11.1 Å². The summed E-state index contributed by atoms with van der Waals surface area (Å²) in [6, 6.07) is 8.61. The van der Waals surface area contributed by atoms with Crippen molar-refractivity contribution in [1.29, 1.82) is 0 Å². The van der Waals surface area contributed by atoms with E-state index in [0.29, 0.717) is 33.3 Å². The van der Waals surface area contributed by atoms with Crippen LogP contribution >= 0.6 is 35.0 Å². The number of hydrogen-bond donors (Lipinski definition) is 1. The molecule has 1 aromatic carbocycles. The van der Waals surface area contributed by atoms with E-state index in [2.05, 4.69) is 27.1 Å². The van der Waals surface area contributed by atoms with Crippen LogP contribution in [0.2, 0.25) is 10.0 Å². The van der Waals surface area contributed by atoms with Gasteiger partial charge in [0, 0.05) is 29.5 Å². The molecule has 3 aromatic rings. The van der Waals surface area contributed by atoms with Gasteiger partial charge in [-0.05, 0) is 30.3 Å². The number of pyridine rings is 1. The molecule has 0 aliphatic carbocycles. The van der Waals surface area contributed by atoms with Crippen LogP contribution in [0.25, 0.3) is 11.4 Å². The summed E-state index contributed by atoms with van der Waals surface area (Å²) < 4.78 is 1.90. The molecule has 27 heavy (non-hydrogen) atoms. The zero-order valence-corrected chi connectivity index (χ0v) is 16.4. The molecule has 3 rings (SSSR count). The average molecular weight is 420 g/mol. The molecule has 0 atom stereocenters. The van der Waals surface area contributed by atoms with Crippen molar-refractivity contribution < 1.29 is 4.79 Å². The SMILES string of the molecule is C=CCn1c(SCC(=O)Nc2ccc(Cl)cc2Cl)nnc1-c1ccncc1. The first kappa shape index (κ1) is 19.4. The summed E-state index contributed by atoms with van der Waals surface area (Å²) in [5, 5.41) is 12.7. The number of hydrogen-bond acceptors (Lipinski definition) is 5. The first-order chi connectivity index (χ1) is 13.1. The van der Waals surface area contributed by atoms with E-state index < -0.39 is 0 Å².